The molecule has 1 atom stereocenters. The van der Waals surface area contributed by atoms with Crippen LogP contribution in [0.1, 0.15) is 20.3 Å². The number of pyridine rings is 1. The van der Waals surface area contributed by atoms with Gasteiger partial charge in [-0.3, -0.25) is 10.1 Å². The molecule has 1 rings (SSSR count). The quantitative estimate of drug-likeness (QED) is 0.491. The van der Waals surface area contributed by atoms with Crippen LogP contribution < -0.4 is 10.6 Å². The van der Waals surface area contributed by atoms with E-state index in [1.54, 1.807) is 0 Å². The molecule has 0 radical (unpaired) electrons. The number of aromatic nitrogens is 1. The van der Waals surface area contributed by atoms with Gasteiger partial charge in [-0.1, -0.05) is 6.92 Å². The molecule has 0 saturated heterocycles. The van der Waals surface area contributed by atoms with Crippen molar-refractivity contribution >= 4 is 17.3 Å². The maximum atomic E-state index is 10.8. The number of rotatable bonds is 8. The summed E-state index contributed by atoms with van der Waals surface area (Å²) in [5, 5.41) is 25.7. The fourth-order valence-corrected chi connectivity index (χ4v) is 1.59. The molecule has 1 unspecified atom stereocenters. The number of aliphatic hydroxyl groups excluding tert-OH is 1. The van der Waals surface area contributed by atoms with Crippen molar-refractivity contribution in [1.29, 1.82) is 0 Å². The number of nitrogens with zero attached hydrogens (tertiary/aromatic N) is 2. The molecule has 0 aliphatic carbocycles. The highest BCUT2D eigenvalue weighted by atomic mass is 16.6. The van der Waals surface area contributed by atoms with Crippen molar-refractivity contribution in [3.63, 3.8) is 0 Å². The van der Waals surface area contributed by atoms with Crippen LogP contribution in [-0.4, -0.2) is 34.7 Å². The van der Waals surface area contributed by atoms with E-state index in [1.165, 1.54) is 12.1 Å². The molecule has 0 aromatic carbocycles. The van der Waals surface area contributed by atoms with Crippen molar-refractivity contribution < 1.29 is 10.0 Å². The molecule has 19 heavy (non-hydrogen) atoms. The van der Waals surface area contributed by atoms with Crippen LogP contribution in [0.2, 0.25) is 0 Å². The van der Waals surface area contributed by atoms with Gasteiger partial charge in [0.1, 0.15) is 11.6 Å². The monoisotopic (exact) mass is 268 g/mol. The van der Waals surface area contributed by atoms with E-state index in [0.29, 0.717) is 31.1 Å². The van der Waals surface area contributed by atoms with Crippen LogP contribution >= 0.6 is 0 Å². The summed E-state index contributed by atoms with van der Waals surface area (Å²) in [5.74, 6) is 1.22. The molecule has 0 aliphatic heterocycles. The van der Waals surface area contributed by atoms with Gasteiger partial charge < -0.3 is 15.7 Å². The first-order chi connectivity index (χ1) is 9.06. The summed E-state index contributed by atoms with van der Waals surface area (Å²) in [6.07, 6.45) is 0.683. The standard InChI is InChI=1S/C12H20N4O3/c1-3-13-11-6-10(16(18)19)7-12(15-11)14-8-9(2)4-5-17/h6-7,9,17H,3-5,8H2,1-2H3,(H2,13,14,15). The molecule has 1 heterocycles. The zero-order valence-corrected chi connectivity index (χ0v) is 11.2. The molecule has 0 spiro atoms. The minimum absolute atomic E-state index is 0.00302. The molecule has 106 valence electrons. The first-order valence-corrected chi connectivity index (χ1v) is 6.31. The van der Waals surface area contributed by atoms with E-state index in [4.69, 9.17) is 5.11 Å². The highest BCUT2D eigenvalue weighted by molar-refractivity contribution is 5.54. The molecule has 0 bridgehead atoms. The number of nitrogens with one attached hydrogen (secondary N) is 2. The van der Waals surface area contributed by atoms with E-state index < -0.39 is 4.92 Å². The second-order valence-electron chi connectivity index (χ2n) is 4.38. The van der Waals surface area contributed by atoms with Gasteiger partial charge in [0.05, 0.1) is 17.1 Å². The summed E-state index contributed by atoms with van der Waals surface area (Å²) in [6.45, 7) is 5.28. The second-order valence-corrected chi connectivity index (χ2v) is 4.38. The van der Waals surface area contributed by atoms with E-state index >= 15 is 0 Å². The first-order valence-electron chi connectivity index (χ1n) is 6.31. The number of hydrogen-bond acceptors (Lipinski definition) is 6. The molecule has 0 fully saturated rings. The largest absolute Gasteiger partial charge is 0.396 e. The highest BCUT2D eigenvalue weighted by Gasteiger charge is 2.11. The number of nitro groups is 1. The van der Waals surface area contributed by atoms with Crippen molar-refractivity contribution in [2.45, 2.75) is 20.3 Å². The Kier molecular flexibility index (Phi) is 6.01. The van der Waals surface area contributed by atoms with Crippen molar-refractivity contribution in [3.8, 4) is 0 Å². The van der Waals surface area contributed by atoms with Crippen molar-refractivity contribution in [2.24, 2.45) is 5.92 Å². The first kappa shape index (κ1) is 15.2. The molecule has 7 heteroatoms. The van der Waals surface area contributed by atoms with Gasteiger partial charge in [0.25, 0.3) is 5.69 Å². The average molecular weight is 268 g/mol. The van der Waals surface area contributed by atoms with E-state index in [2.05, 4.69) is 15.6 Å². The lowest BCUT2D eigenvalue weighted by atomic mass is 10.1. The molecular weight excluding hydrogens is 248 g/mol. The lowest BCUT2D eigenvalue weighted by Gasteiger charge is -2.12. The molecule has 1 aromatic rings. The number of anilines is 2. The second kappa shape index (κ2) is 7.52. The Hall–Kier alpha value is -1.89. The fourth-order valence-electron chi connectivity index (χ4n) is 1.59. The van der Waals surface area contributed by atoms with Crippen molar-refractivity contribution in [3.05, 3.63) is 22.2 Å². The molecule has 1 aromatic heterocycles. The maximum Gasteiger partial charge on any atom is 0.276 e. The summed E-state index contributed by atoms with van der Waals surface area (Å²) >= 11 is 0. The lowest BCUT2D eigenvalue weighted by molar-refractivity contribution is -0.384. The van der Waals surface area contributed by atoms with Crippen LogP contribution in [0.15, 0.2) is 12.1 Å². The number of aliphatic hydroxyl groups is 1. The lowest BCUT2D eigenvalue weighted by Crippen LogP contribution is -2.14. The van der Waals surface area contributed by atoms with Gasteiger partial charge in [-0.25, -0.2) is 4.98 Å². The molecule has 7 nitrogen and oxygen atoms in total. The highest BCUT2D eigenvalue weighted by Crippen LogP contribution is 2.20. The summed E-state index contributed by atoms with van der Waals surface area (Å²) in [7, 11) is 0. The van der Waals surface area contributed by atoms with Gasteiger partial charge >= 0.3 is 0 Å². The molecular formula is C12H20N4O3. The summed E-state index contributed by atoms with van der Waals surface area (Å²) in [5.41, 5.74) is 0.00302. The van der Waals surface area contributed by atoms with E-state index in [9.17, 15) is 10.1 Å². The van der Waals surface area contributed by atoms with Gasteiger partial charge in [0.15, 0.2) is 0 Å². The van der Waals surface area contributed by atoms with Crippen molar-refractivity contribution in [2.75, 3.05) is 30.3 Å². The fraction of sp³-hybridized carbons (Fsp3) is 0.583. The van der Waals surface area contributed by atoms with Crippen LogP contribution in [0.4, 0.5) is 17.3 Å². The van der Waals surface area contributed by atoms with Gasteiger partial charge in [0, 0.05) is 19.7 Å². The predicted octanol–water partition coefficient (Wildman–Crippen LogP) is 1.85. The SMILES string of the molecule is CCNc1cc([N+](=O)[O-])cc(NCC(C)CCO)n1. The van der Waals surface area contributed by atoms with Gasteiger partial charge in [0.2, 0.25) is 0 Å². The van der Waals surface area contributed by atoms with Gasteiger partial charge in [-0.2, -0.15) is 0 Å². The van der Waals surface area contributed by atoms with Crippen LogP contribution in [0.25, 0.3) is 0 Å². The molecule has 0 saturated carbocycles. The summed E-state index contributed by atoms with van der Waals surface area (Å²) in [4.78, 5) is 14.6. The Morgan fingerprint density at radius 2 is 2.05 bits per heavy atom. The predicted molar refractivity (Wildman–Crippen MR) is 74.4 cm³/mol. The third kappa shape index (κ3) is 5.09. The minimum Gasteiger partial charge on any atom is -0.396 e. The van der Waals surface area contributed by atoms with Crippen LogP contribution in [-0.2, 0) is 0 Å². The Morgan fingerprint density at radius 3 is 2.58 bits per heavy atom. The summed E-state index contributed by atoms with van der Waals surface area (Å²) < 4.78 is 0. The minimum atomic E-state index is -0.440. The van der Waals surface area contributed by atoms with E-state index in [1.807, 2.05) is 13.8 Å². The van der Waals surface area contributed by atoms with Crippen LogP contribution in [0.3, 0.4) is 0 Å². The Bertz CT molecular complexity index is 425. The van der Waals surface area contributed by atoms with Crippen LogP contribution in [0, 0.1) is 16.0 Å². The Labute approximate surface area is 112 Å². The third-order valence-corrected chi connectivity index (χ3v) is 2.63. The Balaban J connectivity index is 2.78. The smallest absolute Gasteiger partial charge is 0.276 e. The zero-order chi connectivity index (χ0) is 14.3. The molecule has 0 amide bonds. The van der Waals surface area contributed by atoms with E-state index in [-0.39, 0.29) is 18.2 Å². The van der Waals surface area contributed by atoms with E-state index in [0.717, 1.165) is 0 Å². The molecule has 0 aliphatic rings. The summed E-state index contributed by atoms with van der Waals surface area (Å²) in [6, 6.07) is 2.82. The topological polar surface area (TPSA) is 100 Å². The number of hydrogen-bond donors (Lipinski definition) is 3. The Morgan fingerprint density at radius 1 is 1.42 bits per heavy atom. The maximum absolute atomic E-state index is 10.8. The van der Waals surface area contributed by atoms with Crippen LogP contribution in [0.5, 0.6) is 0 Å². The van der Waals surface area contributed by atoms with Gasteiger partial charge in [-0.05, 0) is 19.3 Å². The van der Waals surface area contributed by atoms with Crippen molar-refractivity contribution in [1.82, 2.24) is 4.98 Å². The third-order valence-electron chi connectivity index (χ3n) is 2.63. The average Bonchev–Trinajstić information content (AvgIpc) is 2.37. The normalized spacial score (nSPS) is 11.9. The zero-order valence-electron chi connectivity index (χ0n) is 11.2. The molecule has 3 N–H and O–H groups in total. The van der Waals surface area contributed by atoms with Gasteiger partial charge in [-0.15, -0.1) is 0 Å².